The SMILES string of the molecule is CC(C)C[C@H](NC(=O)[C@H](CCc1ccccc1)OC1CC(C)C1)C(=O)N[C@@H](Cc1ccccc1)C(=O)N[C@@H](CC(C)C)C(=O)[C@@]1(C)CO1. The third-order valence-electron chi connectivity index (χ3n) is 9.21. The van der Waals surface area contributed by atoms with Crippen LogP contribution in [-0.2, 0) is 41.5 Å². The van der Waals surface area contributed by atoms with E-state index in [2.05, 4.69) is 22.9 Å². The van der Waals surface area contributed by atoms with E-state index in [-0.39, 0.29) is 36.1 Å². The lowest BCUT2D eigenvalue weighted by Crippen LogP contribution is -2.58. The van der Waals surface area contributed by atoms with E-state index in [4.69, 9.17) is 9.47 Å². The first-order valence-corrected chi connectivity index (χ1v) is 17.7. The summed E-state index contributed by atoms with van der Waals surface area (Å²) in [5.74, 6) is -0.586. The highest BCUT2D eigenvalue weighted by molar-refractivity contribution is 5.98. The Morgan fingerprint density at radius 2 is 1.27 bits per heavy atom. The first-order chi connectivity index (χ1) is 22.8. The quantitative estimate of drug-likeness (QED) is 0.183. The normalized spacial score (nSPS) is 22.6. The Kier molecular flexibility index (Phi) is 13.4. The maximum Gasteiger partial charge on any atom is 0.249 e. The molecule has 2 fully saturated rings. The number of carbonyl (C=O) groups is 4. The van der Waals surface area contributed by atoms with Crippen molar-refractivity contribution in [2.24, 2.45) is 17.8 Å². The second-order valence-corrected chi connectivity index (χ2v) is 14.9. The molecule has 3 N–H and O–H groups in total. The molecule has 3 amide bonds. The first kappa shape index (κ1) is 37.3. The van der Waals surface area contributed by atoms with Crippen LogP contribution in [0.2, 0.25) is 0 Å². The minimum Gasteiger partial charge on any atom is -0.365 e. The topological polar surface area (TPSA) is 126 Å². The van der Waals surface area contributed by atoms with Gasteiger partial charge in [0.1, 0.15) is 23.8 Å². The van der Waals surface area contributed by atoms with Crippen LogP contribution in [-0.4, -0.2) is 66.0 Å². The molecule has 1 saturated carbocycles. The number of ether oxygens (including phenoxy) is 2. The number of Topliss-reactive ketones (excluding diaryl/α,β-unsaturated/α-hetero) is 1. The van der Waals surface area contributed by atoms with Crippen molar-refractivity contribution in [2.75, 3.05) is 6.61 Å². The summed E-state index contributed by atoms with van der Waals surface area (Å²) in [7, 11) is 0. The average Bonchev–Trinajstić information content (AvgIpc) is 3.79. The number of nitrogens with one attached hydrogen (secondary N) is 3. The number of hydrogen-bond acceptors (Lipinski definition) is 6. The van der Waals surface area contributed by atoms with Crippen molar-refractivity contribution in [3.8, 4) is 0 Å². The molecule has 2 aliphatic rings. The van der Waals surface area contributed by atoms with E-state index in [1.165, 1.54) is 0 Å². The van der Waals surface area contributed by atoms with Gasteiger partial charge in [0.05, 0.1) is 18.8 Å². The number of rotatable bonds is 19. The van der Waals surface area contributed by atoms with Crippen molar-refractivity contribution >= 4 is 23.5 Å². The molecule has 5 atom stereocenters. The number of hydrogen-bond donors (Lipinski definition) is 3. The lowest BCUT2D eigenvalue weighted by atomic mass is 9.84. The molecule has 9 nitrogen and oxygen atoms in total. The third-order valence-corrected chi connectivity index (χ3v) is 9.21. The van der Waals surface area contributed by atoms with Gasteiger partial charge in [-0.1, -0.05) is 95.3 Å². The van der Waals surface area contributed by atoms with Crippen LogP contribution < -0.4 is 16.0 Å². The Bertz CT molecular complexity index is 1350. The summed E-state index contributed by atoms with van der Waals surface area (Å²) in [4.78, 5) is 55.0. The molecule has 0 bridgehead atoms. The highest BCUT2D eigenvalue weighted by atomic mass is 16.6. The molecule has 1 saturated heterocycles. The Balaban J connectivity index is 1.50. The monoisotopic (exact) mass is 661 g/mol. The predicted molar refractivity (Wildman–Crippen MR) is 186 cm³/mol. The molecule has 2 aromatic rings. The second-order valence-electron chi connectivity index (χ2n) is 14.9. The van der Waals surface area contributed by atoms with Crippen molar-refractivity contribution in [3.05, 3.63) is 71.8 Å². The molecule has 4 rings (SSSR count). The molecule has 262 valence electrons. The van der Waals surface area contributed by atoms with Crippen LogP contribution >= 0.6 is 0 Å². The fraction of sp³-hybridized carbons (Fsp3) is 0.590. The van der Waals surface area contributed by atoms with Crippen LogP contribution in [0.3, 0.4) is 0 Å². The zero-order valence-electron chi connectivity index (χ0n) is 29.5. The second kappa shape index (κ2) is 17.2. The van der Waals surface area contributed by atoms with E-state index in [9.17, 15) is 19.2 Å². The maximum absolute atomic E-state index is 14.0. The molecule has 0 radical (unpaired) electrons. The fourth-order valence-electron chi connectivity index (χ4n) is 6.27. The van der Waals surface area contributed by atoms with E-state index in [1.54, 1.807) is 6.92 Å². The average molecular weight is 662 g/mol. The van der Waals surface area contributed by atoms with E-state index in [0.29, 0.717) is 38.2 Å². The zero-order valence-corrected chi connectivity index (χ0v) is 29.5. The molecule has 9 heteroatoms. The number of benzene rings is 2. The molecular formula is C39H55N3O6. The van der Waals surface area contributed by atoms with Gasteiger partial charge in [-0.05, 0) is 74.3 Å². The van der Waals surface area contributed by atoms with Gasteiger partial charge in [-0.15, -0.1) is 0 Å². The van der Waals surface area contributed by atoms with Gasteiger partial charge in [-0.25, -0.2) is 0 Å². The number of aryl methyl sites for hydroxylation is 1. The summed E-state index contributed by atoms with van der Waals surface area (Å²) >= 11 is 0. The van der Waals surface area contributed by atoms with Crippen LogP contribution in [0, 0.1) is 17.8 Å². The lowest BCUT2D eigenvalue weighted by molar-refractivity contribution is -0.146. The summed E-state index contributed by atoms with van der Waals surface area (Å²) in [5.41, 5.74) is 1.08. The van der Waals surface area contributed by atoms with Crippen LogP contribution in [0.4, 0.5) is 0 Å². The summed E-state index contributed by atoms with van der Waals surface area (Å²) in [6, 6.07) is 16.8. The number of amides is 3. The van der Waals surface area contributed by atoms with Crippen LogP contribution in [0.15, 0.2) is 60.7 Å². The molecule has 1 aliphatic carbocycles. The van der Waals surface area contributed by atoms with Crippen molar-refractivity contribution in [2.45, 2.75) is 122 Å². The van der Waals surface area contributed by atoms with Crippen molar-refractivity contribution in [3.63, 3.8) is 0 Å². The summed E-state index contributed by atoms with van der Waals surface area (Å²) < 4.78 is 11.7. The summed E-state index contributed by atoms with van der Waals surface area (Å²) in [6.07, 6.45) is 3.35. The lowest BCUT2D eigenvalue weighted by Gasteiger charge is -2.35. The molecular weight excluding hydrogens is 606 g/mol. The largest absolute Gasteiger partial charge is 0.365 e. The van der Waals surface area contributed by atoms with Gasteiger partial charge >= 0.3 is 0 Å². The number of ketones is 1. The maximum atomic E-state index is 14.0. The van der Waals surface area contributed by atoms with Gasteiger partial charge in [-0.2, -0.15) is 0 Å². The molecule has 48 heavy (non-hydrogen) atoms. The smallest absolute Gasteiger partial charge is 0.249 e. The molecule has 0 unspecified atom stereocenters. The molecule has 1 heterocycles. The molecule has 0 aromatic heterocycles. The van der Waals surface area contributed by atoms with E-state index in [0.717, 1.165) is 24.0 Å². The zero-order chi connectivity index (χ0) is 34.8. The van der Waals surface area contributed by atoms with Gasteiger partial charge in [0, 0.05) is 6.42 Å². The predicted octanol–water partition coefficient (Wildman–Crippen LogP) is 4.95. The van der Waals surface area contributed by atoms with Gasteiger partial charge in [-0.3, -0.25) is 19.2 Å². The van der Waals surface area contributed by atoms with Gasteiger partial charge in [0.25, 0.3) is 0 Å². The van der Waals surface area contributed by atoms with E-state index in [1.807, 2.05) is 88.4 Å². The Morgan fingerprint density at radius 3 is 1.81 bits per heavy atom. The minimum atomic E-state index is -0.969. The number of carbonyl (C=O) groups excluding carboxylic acids is 4. The van der Waals surface area contributed by atoms with Crippen molar-refractivity contribution in [1.82, 2.24) is 16.0 Å². The van der Waals surface area contributed by atoms with Gasteiger partial charge in [0.15, 0.2) is 5.78 Å². The van der Waals surface area contributed by atoms with Gasteiger partial charge < -0.3 is 25.4 Å². The van der Waals surface area contributed by atoms with Crippen LogP contribution in [0.25, 0.3) is 0 Å². The Labute approximate surface area is 286 Å². The number of epoxide rings is 1. The Morgan fingerprint density at radius 1 is 0.771 bits per heavy atom. The molecule has 0 spiro atoms. The summed E-state index contributed by atoms with van der Waals surface area (Å²) in [5, 5.41) is 8.88. The Hall–Kier alpha value is -3.56. The van der Waals surface area contributed by atoms with E-state index >= 15 is 0 Å². The van der Waals surface area contributed by atoms with Crippen LogP contribution in [0.1, 0.15) is 84.8 Å². The minimum absolute atomic E-state index is 0.0210. The first-order valence-electron chi connectivity index (χ1n) is 17.7. The standard InChI is InChI=1S/C39H55N3O6/c1-25(2)19-31(35(43)39(6)24-47-39)40-37(45)33(23-29-15-11-8-12-16-29)41-36(44)32(20-26(3)4)42-38(46)34(48-30-21-27(5)22-30)18-17-28-13-9-7-10-14-28/h7-16,25-27,30-34H,17-24H2,1-6H3,(H,40,45)(H,41,44)(H,42,46)/t27?,30?,31-,32-,33-,34-,39+/m0/s1. The highest BCUT2D eigenvalue weighted by Gasteiger charge is 2.50. The molecule has 1 aliphatic heterocycles. The van der Waals surface area contributed by atoms with Gasteiger partial charge in [0.2, 0.25) is 17.7 Å². The van der Waals surface area contributed by atoms with E-state index < -0.39 is 41.6 Å². The van der Waals surface area contributed by atoms with Crippen LogP contribution in [0.5, 0.6) is 0 Å². The van der Waals surface area contributed by atoms with Crippen molar-refractivity contribution in [1.29, 1.82) is 0 Å². The third kappa shape index (κ3) is 11.3. The summed E-state index contributed by atoms with van der Waals surface area (Å²) in [6.45, 7) is 12.2. The molecule has 2 aromatic carbocycles. The van der Waals surface area contributed by atoms with Crippen molar-refractivity contribution < 1.29 is 28.7 Å². The fourth-order valence-corrected chi connectivity index (χ4v) is 6.27. The highest BCUT2D eigenvalue weighted by Crippen LogP contribution is 2.31.